The molecule has 0 bridgehead atoms. The van der Waals surface area contributed by atoms with Crippen LogP contribution in [0.1, 0.15) is 5.56 Å². The number of hydrogen-bond acceptors (Lipinski definition) is 6. The van der Waals surface area contributed by atoms with Gasteiger partial charge in [-0.05, 0) is 60.7 Å². The van der Waals surface area contributed by atoms with Crippen molar-refractivity contribution in [1.29, 1.82) is 0 Å². The number of sulfonamides is 1. The molecule has 0 amide bonds. The topological polar surface area (TPSA) is 75.6 Å². The lowest BCUT2D eigenvalue weighted by Gasteiger charge is -2.34. The summed E-state index contributed by atoms with van der Waals surface area (Å²) in [5, 5.41) is -0.469. The molecule has 4 aromatic rings. The van der Waals surface area contributed by atoms with Gasteiger partial charge in [-0.25, -0.2) is 18.4 Å². The second-order valence-corrected chi connectivity index (χ2v) is 11.0. The number of alkyl halides is 3. The summed E-state index contributed by atoms with van der Waals surface area (Å²) >= 11 is 5.95. The minimum atomic E-state index is -4.62. The van der Waals surface area contributed by atoms with Gasteiger partial charge in [-0.15, -0.1) is 0 Å². The highest BCUT2D eigenvalue weighted by atomic mass is 35.5. The Morgan fingerprint density at radius 2 is 1.51 bits per heavy atom. The molecule has 2 heterocycles. The molecule has 1 aromatic heterocycles. The molecule has 1 aliphatic rings. The van der Waals surface area contributed by atoms with Gasteiger partial charge in [0.1, 0.15) is 16.4 Å². The van der Waals surface area contributed by atoms with Crippen LogP contribution in [0.2, 0.25) is 5.02 Å². The number of rotatable bonds is 6. The molecule has 0 saturated carbocycles. The highest BCUT2D eigenvalue weighted by Gasteiger charge is 2.34. The zero-order valence-electron chi connectivity index (χ0n) is 20.3. The molecule has 0 aliphatic carbocycles. The summed E-state index contributed by atoms with van der Waals surface area (Å²) in [6.45, 7) is 0.785. The molecular weight excluding hydrogens is 553 g/mol. The van der Waals surface area contributed by atoms with Gasteiger partial charge >= 0.3 is 6.18 Å². The predicted molar refractivity (Wildman–Crippen MR) is 141 cm³/mol. The number of aromatic nitrogens is 2. The van der Waals surface area contributed by atoms with Crippen LogP contribution in [-0.2, 0) is 16.2 Å². The molecule has 39 heavy (non-hydrogen) atoms. The van der Waals surface area contributed by atoms with Gasteiger partial charge in [-0.2, -0.15) is 17.5 Å². The maximum atomic E-state index is 13.1. The zero-order chi connectivity index (χ0) is 27.6. The van der Waals surface area contributed by atoms with Crippen molar-refractivity contribution in [3.05, 3.63) is 95.6 Å². The molecule has 1 saturated heterocycles. The van der Waals surface area contributed by atoms with Crippen LogP contribution in [0, 0.1) is 0 Å². The van der Waals surface area contributed by atoms with Crippen molar-refractivity contribution in [3.8, 4) is 22.8 Å². The van der Waals surface area contributed by atoms with E-state index in [1.807, 2.05) is 59.5 Å². The average molecular weight is 575 g/mol. The molecule has 202 valence electrons. The third-order valence-electron chi connectivity index (χ3n) is 6.17. The second kappa shape index (κ2) is 10.8. The van der Waals surface area contributed by atoms with Crippen molar-refractivity contribution in [1.82, 2.24) is 14.3 Å². The Hall–Kier alpha value is -3.67. The number of para-hydroxylation sites is 1. The van der Waals surface area contributed by atoms with Gasteiger partial charge in [-0.1, -0.05) is 29.8 Å². The largest absolute Gasteiger partial charge is 0.457 e. The number of anilines is 1. The van der Waals surface area contributed by atoms with E-state index in [4.69, 9.17) is 16.3 Å². The summed E-state index contributed by atoms with van der Waals surface area (Å²) in [7, 11) is -4.08. The van der Waals surface area contributed by atoms with Crippen molar-refractivity contribution in [2.45, 2.75) is 11.1 Å². The van der Waals surface area contributed by atoms with E-state index in [0.717, 1.165) is 17.4 Å². The second-order valence-electron chi connectivity index (χ2n) is 8.72. The van der Waals surface area contributed by atoms with Crippen LogP contribution in [0.25, 0.3) is 11.3 Å². The quantitative estimate of drug-likeness (QED) is 0.276. The first-order valence-electron chi connectivity index (χ1n) is 11.9. The highest BCUT2D eigenvalue weighted by molar-refractivity contribution is 7.89. The first-order valence-corrected chi connectivity index (χ1v) is 13.7. The number of nitrogens with zero attached hydrogens (tertiary/aromatic N) is 4. The Kier molecular flexibility index (Phi) is 7.48. The van der Waals surface area contributed by atoms with E-state index in [1.54, 1.807) is 12.3 Å². The van der Waals surface area contributed by atoms with Crippen LogP contribution in [-0.4, -0.2) is 48.9 Å². The predicted octanol–water partition coefficient (Wildman–Crippen LogP) is 6.12. The highest BCUT2D eigenvalue weighted by Crippen LogP contribution is 2.34. The van der Waals surface area contributed by atoms with Gasteiger partial charge in [0.2, 0.25) is 16.0 Å². The number of piperazine rings is 1. The smallest absolute Gasteiger partial charge is 0.416 e. The van der Waals surface area contributed by atoms with E-state index in [9.17, 15) is 21.6 Å². The fourth-order valence-electron chi connectivity index (χ4n) is 4.13. The molecule has 0 unspecified atom stereocenters. The molecule has 5 rings (SSSR count). The molecule has 12 heteroatoms. The van der Waals surface area contributed by atoms with Crippen LogP contribution < -0.4 is 9.64 Å². The van der Waals surface area contributed by atoms with E-state index in [1.165, 1.54) is 4.31 Å². The fraction of sp³-hybridized carbons (Fsp3) is 0.185. The van der Waals surface area contributed by atoms with E-state index in [0.29, 0.717) is 42.6 Å². The number of benzene rings is 3. The Bertz CT molecular complexity index is 1560. The summed E-state index contributed by atoms with van der Waals surface area (Å²) in [5.41, 5.74) is 0.543. The molecule has 3 aromatic carbocycles. The van der Waals surface area contributed by atoms with Crippen LogP contribution in [0.15, 0.2) is 90.0 Å². The first kappa shape index (κ1) is 26.9. The fourth-order valence-corrected chi connectivity index (χ4v) is 6.07. The normalized spacial score (nSPS) is 14.8. The third-order valence-corrected chi connectivity index (χ3v) is 8.55. The summed E-state index contributed by atoms with van der Waals surface area (Å²) in [6, 6.07) is 20.9. The van der Waals surface area contributed by atoms with Crippen LogP contribution in [0.4, 0.5) is 19.1 Å². The van der Waals surface area contributed by atoms with E-state index < -0.39 is 26.8 Å². The molecule has 0 atom stereocenters. The Balaban J connectivity index is 1.26. The van der Waals surface area contributed by atoms with E-state index in [-0.39, 0.29) is 18.0 Å². The van der Waals surface area contributed by atoms with Crippen LogP contribution >= 0.6 is 11.6 Å². The molecule has 0 spiro atoms. The van der Waals surface area contributed by atoms with Crippen molar-refractivity contribution < 1.29 is 26.3 Å². The van der Waals surface area contributed by atoms with Gasteiger partial charge in [-0.3, -0.25) is 0 Å². The molecule has 0 N–H and O–H groups in total. The van der Waals surface area contributed by atoms with Crippen LogP contribution in [0.3, 0.4) is 0 Å². The van der Waals surface area contributed by atoms with Crippen molar-refractivity contribution in [2.24, 2.45) is 0 Å². The molecular formula is C27H22ClF3N4O3S. The Morgan fingerprint density at radius 1 is 0.846 bits per heavy atom. The van der Waals surface area contributed by atoms with Gasteiger partial charge in [0.15, 0.2) is 0 Å². The molecule has 1 fully saturated rings. The maximum absolute atomic E-state index is 13.1. The monoisotopic (exact) mass is 574 g/mol. The molecule has 0 radical (unpaired) electrons. The summed E-state index contributed by atoms with van der Waals surface area (Å²) in [6.07, 6.45) is -2.98. The van der Waals surface area contributed by atoms with E-state index in [2.05, 4.69) is 9.97 Å². The Morgan fingerprint density at radius 3 is 2.15 bits per heavy atom. The molecule has 7 nitrogen and oxygen atoms in total. The van der Waals surface area contributed by atoms with Crippen molar-refractivity contribution >= 4 is 27.6 Å². The van der Waals surface area contributed by atoms with Crippen molar-refractivity contribution in [2.75, 3.05) is 31.1 Å². The summed E-state index contributed by atoms with van der Waals surface area (Å²) in [4.78, 5) is 10.5. The first-order chi connectivity index (χ1) is 18.6. The number of ether oxygens (including phenoxy) is 1. The summed E-state index contributed by atoms with van der Waals surface area (Å²) in [5.74, 6) is 1.86. The third kappa shape index (κ3) is 6.00. The van der Waals surface area contributed by atoms with Crippen LogP contribution in [0.5, 0.6) is 11.5 Å². The van der Waals surface area contributed by atoms with Gasteiger partial charge in [0.05, 0.1) is 16.3 Å². The number of hydrogen-bond donors (Lipinski definition) is 0. The lowest BCUT2D eigenvalue weighted by atomic mass is 10.1. The standard InChI is InChI=1S/C27H22ClF3N4O3S/c28-23-18-20(27(29,30)31)8-11-25(23)39(36,37)35-16-14-34(15-17-35)26-32-13-12-24(33-26)19-6-9-22(10-7-19)38-21-4-2-1-3-5-21/h1-13,18H,14-17H2. The van der Waals surface area contributed by atoms with Gasteiger partial charge in [0, 0.05) is 37.9 Å². The lowest BCUT2D eigenvalue weighted by Crippen LogP contribution is -2.49. The summed E-state index contributed by atoms with van der Waals surface area (Å²) < 4.78 is 72.1. The number of halogens is 4. The SMILES string of the molecule is O=S(=O)(c1ccc(C(F)(F)F)cc1Cl)N1CCN(c2nccc(-c3ccc(Oc4ccccc4)cc3)n2)CC1. The molecule has 1 aliphatic heterocycles. The Labute approximate surface area is 228 Å². The van der Waals surface area contributed by atoms with Gasteiger partial charge in [0.25, 0.3) is 0 Å². The van der Waals surface area contributed by atoms with Gasteiger partial charge < -0.3 is 9.64 Å². The minimum Gasteiger partial charge on any atom is -0.457 e. The zero-order valence-corrected chi connectivity index (χ0v) is 21.9. The van der Waals surface area contributed by atoms with Crippen molar-refractivity contribution in [3.63, 3.8) is 0 Å². The van der Waals surface area contributed by atoms with E-state index >= 15 is 0 Å². The average Bonchev–Trinajstić information content (AvgIpc) is 2.93. The lowest BCUT2D eigenvalue weighted by molar-refractivity contribution is -0.137. The minimum absolute atomic E-state index is 0.0960. The maximum Gasteiger partial charge on any atom is 0.416 e.